The highest BCUT2D eigenvalue weighted by molar-refractivity contribution is 4.71. The Morgan fingerprint density at radius 1 is 0.923 bits per heavy atom. The third kappa shape index (κ3) is 2.44. The van der Waals surface area contributed by atoms with Crippen molar-refractivity contribution in [3.05, 3.63) is 0 Å². The summed E-state index contributed by atoms with van der Waals surface area (Å²) in [6.07, 6.45) is 6.86. The van der Waals surface area contributed by atoms with Gasteiger partial charge in [-0.15, -0.1) is 0 Å². The van der Waals surface area contributed by atoms with Crippen molar-refractivity contribution in [3.8, 4) is 0 Å². The van der Waals surface area contributed by atoms with E-state index in [1.54, 1.807) is 0 Å². The minimum absolute atomic E-state index is 0.122. The van der Waals surface area contributed by atoms with E-state index in [0.29, 0.717) is 11.8 Å². The molecular formula is C11H20O2. The maximum absolute atomic E-state index is 5.71. The molecule has 1 heterocycles. The van der Waals surface area contributed by atoms with Crippen LogP contribution in [0.3, 0.4) is 0 Å². The molecule has 2 heteroatoms. The maximum atomic E-state index is 5.71. The van der Waals surface area contributed by atoms with E-state index in [2.05, 4.69) is 6.92 Å². The van der Waals surface area contributed by atoms with Crippen molar-refractivity contribution in [1.82, 2.24) is 0 Å². The summed E-state index contributed by atoms with van der Waals surface area (Å²) < 4.78 is 11.4. The summed E-state index contributed by atoms with van der Waals surface area (Å²) >= 11 is 0. The van der Waals surface area contributed by atoms with Crippen molar-refractivity contribution in [2.75, 3.05) is 13.2 Å². The largest absolute Gasteiger partial charge is 0.352 e. The van der Waals surface area contributed by atoms with E-state index in [0.717, 1.165) is 13.2 Å². The Labute approximate surface area is 80.6 Å². The first-order chi connectivity index (χ1) is 6.36. The molecule has 0 aromatic carbocycles. The Hall–Kier alpha value is -0.0800. The molecule has 2 fully saturated rings. The Kier molecular flexibility index (Phi) is 3.23. The smallest absolute Gasteiger partial charge is 0.160 e. The molecule has 0 N–H and O–H groups in total. The summed E-state index contributed by atoms with van der Waals surface area (Å²) in [7, 11) is 0. The fraction of sp³-hybridized carbons (Fsp3) is 1.00. The maximum Gasteiger partial charge on any atom is 0.160 e. The highest BCUT2D eigenvalue weighted by Gasteiger charge is 2.28. The SMILES string of the molecule is CC1COC(C2CCCCC2)OC1. The summed E-state index contributed by atoms with van der Waals surface area (Å²) in [6.45, 7) is 3.96. The van der Waals surface area contributed by atoms with Gasteiger partial charge >= 0.3 is 0 Å². The average molecular weight is 184 g/mol. The molecule has 1 saturated heterocycles. The van der Waals surface area contributed by atoms with E-state index in [4.69, 9.17) is 9.47 Å². The molecule has 0 unspecified atom stereocenters. The number of rotatable bonds is 1. The van der Waals surface area contributed by atoms with Crippen molar-refractivity contribution in [2.24, 2.45) is 11.8 Å². The van der Waals surface area contributed by atoms with Gasteiger partial charge in [0, 0.05) is 11.8 Å². The van der Waals surface area contributed by atoms with Crippen LogP contribution in [0.1, 0.15) is 39.0 Å². The molecule has 0 bridgehead atoms. The zero-order valence-corrected chi connectivity index (χ0v) is 8.50. The van der Waals surface area contributed by atoms with Gasteiger partial charge in [0.1, 0.15) is 0 Å². The normalized spacial score (nSPS) is 37.6. The molecule has 2 aliphatic rings. The number of hydrogen-bond acceptors (Lipinski definition) is 2. The van der Waals surface area contributed by atoms with Crippen LogP contribution >= 0.6 is 0 Å². The van der Waals surface area contributed by atoms with Crippen LogP contribution in [-0.4, -0.2) is 19.5 Å². The average Bonchev–Trinajstić information content (AvgIpc) is 2.20. The second-order valence-corrected chi connectivity index (χ2v) is 4.54. The molecule has 1 aliphatic heterocycles. The van der Waals surface area contributed by atoms with Crippen molar-refractivity contribution < 1.29 is 9.47 Å². The molecule has 76 valence electrons. The molecule has 1 saturated carbocycles. The lowest BCUT2D eigenvalue weighted by Gasteiger charge is -2.34. The Morgan fingerprint density at radius 3 is 2.15 bits per heavy atom. The second kappa shape index (κ2) is 4.43. The first-order valence-corrected chi connectivity index (χ1v) is 5.59. The standard InChI is InChI=1S/C11H20O2/c1-9-7-12-11(13-8-9)10-5-3-2-4-6-10/h9-11H,2-8H2,1H3. The van der Waals surface area contributed by atoms with E-state index in [-0.39, 0.29) is 6.29 Å². The van der Waals surface area contributed by atoms with Crippen LogP contribution < -0.4 is 0 Å². The third-order valence-corrected chi connectivity index (χ3v) is 3.12. The van der Waals surface area contributed by atoms with Gasteiger partial charge in [-0.1, -0.05) is 26.2 Å². The predicted octanol–water partition coefficient (Wildman–Crippen LogP) is 2.58. The van der Waals surface area contributed by atoms with Crippen LogP contribution in [0.25, 0.3) is 0 Å². The van der Waals surface area contributed by atoms with Crippen LogP contribution in [0, 0.1) is 11.8 Å². The van der Waals surface area contributed by atoms with Gasteiger partial charge in [0.25, 0.3) is 0 Å². The number of ether oxygens (including phenoxy) is 2. The fourth-order valence-corrected chi connectivity index (χ4v) is 2.29. The molecular weight excluding hydrogens is 164 g/mol. The van der Waals surface area contributed by atoms with Gasteiger partial charge in [0.2, 0.25) is 0 Å². The van der Waals surface area contributed by atoms with Gasteiger partial charge in [-0.25, -0.2) is 0 Å². The molecule has 2 rings (SSSR count). The summed E-state index contributed by atoms with van der Waals surface area (Å²) in [5.41, 5.74) is 0. The quantitative estimate of drug-likeness (QED) is 0.623. The zero-order chi connectivity index (χ0) is 9.10. The second-order valence-electron chi connectivity index (χ2n) is 4.54. The first-order valence-electron chi connectivity index (χ1n) is 5.59. The Bertz CT molecular complexity index is 144. The van der Waals surface area contributed by atoms with E-state index >= 15 is 0 Å². The van der Waals surface area contributed by atoms with Crippen LogP contribution in [0.15, 0.2) is 0 Å². The minimum Gasteiger partial charge on any atom is -0.352 e. The van der Waals surface area contributed by atoms with E-state index in [1.807, 2.05) is 0 Å². The molecule has 0 radical (unpaired) electrons. The van der Waals surface area contributed by atoms with Crippen LogP contribution in [0.4, 0.5) is 0 Å². The minimum atomic E-state index is 0.122. The fourth-order valence-electron chi connectivity index (χ4n) is 2.29. The summed E-state index contributed by atoms with van der Waals surface area (Å²) in [5.74, 6) is 1.26. The van der Waals surface area contributed by atoms with Crippen molar-refractivity contribution >= 4 is 0 Å². The summed E-state index contributed by atoms with van der Waals surface area (Å²) in [6, 6.07) is 0. The van der Waals surface area contributed by atoms with Gasteiger partial charge in [-0.05, 0) is 12.8 Å². The molecule has 0 spiro atoms. The van der Waals surface area contributed by atoms with Gasteiger partial charge in [-0.2, -0.15) is 0 Å². The third-order valence-electron chi connectivity index (χ3n) is 3.12. The molecule has 0 aromatic heterocycles. The lowest BCUT2D eigenvalue weighted by atomic mass is 9.88. The van der Waals surface area contributed by atoms with Gasteiger partial charge in [0.15, 0.2) is 6.29 Å². The monoisotopic (exact) mass is 184 g/mol. The molecule has 0 atom stereocenters. The molecule has 2 nitrogen and oxygen atoms in total. The van der Waals surface area contributed by atoms with Crippen molar-refractivity contribution in [2.45, 2.75) is 45.3 Å². The van der Waals surface area contributed by atoms with Crippen LogP contribution in [0.5, 0.6) is 0 Å². The van der Waals surface area contributed by atoms with Crippen LogP contribution in [-0.2, 0) is 9.47 Å². The molecule has 13 heavy (non-hydrogen) atoms. The predicted molar refractivity (Wildman–Crippen MR) is 51.4 cm³/mol. The van der Waals surface area contributed by atoms with Gasteiger partial charge in [-0.3, -0.25) is 0 Å². The van der Waals surface area contributed by atoms with Gasteiger partial charge < -0.3 is 9.47 Å². The van der Waals surface area contributed by atoms with Gasteiger partial charge in [0.05, 0.1) is 13.2 Å². The molecule has 0 aromatic rings. The van der Waals surface area contributed by atoms with E-state index in [9.17, 15) is 0 Å². The number of hydrogen-bond donors (Lipinski definition) is 0. The zero-order valence-electron chi connectivity index (χ0n) is 8.50. The van der Waals surface area contributed by atoms with Crippen molar-refractivity contribution in [1.29, 1.82) is 0 Å². The lowest BCUT2D eigenvalue weighted by Crippen LogP contribution is -2.36. The van der Waals surface area contributed by atoms with E-state index < -0.39 is 0 Å². The molecule has 0 amide bonds. The van der Waals surface area contributed by atoms with Crippen molar-refractivity contribution in [3.63, 3.8) is 0 Å². The Balaban J connectivity index is 1.79. The van der Waals surface area contributed by atoms with E-state index in [1.165, 1.54) is 32.1 Å². The molecule has 1 aliphatic carbocycles. The highest BCUT2D eigenvalue weighted by atomic mass is 16.7. The topological polar surface area (TPSA) is 18.5 Å². The lowest BCUT2D eigenvalue weighted by molar-refractivity contribution is -0.225. The summed E-state index contributed by atoms with van der Waals surface area (Å²) in [4.78, 5) is 0. The first kappa shape index (κ1) is 9.47. The Morgan fingerprint density at radius 2 is 1.54 bits per heavy atom. The highest BCUT2D eigenvalue weighted by Crippen LogP contribution is 2.30. The summed E-state index contributed by atoms with van der Waals surface area (Å²) in [5, 5.41) is 0. The van der Waals surface area contributed by atoms with Crippen LogP contribution in [0.2, 0.25) is 0 Å².